The smallest absolute Gasteiger partial charge is 0.257 e. The summed E-state index contributed by atoms with van der Waals surface area (Å²) < 4.78 is 5.51. The Balaban J connectivity index is 1.94. The summed E-state index contributed by atoms with van der Waals surface area (Å²) in [6.45, 7) is 9.07. The van der Waals surface area contributed by atoms with Gasteiger partial charge in [0.25, 0.3) is 5.91 Å². The van der Waals surface area contributed by atoms with Gasteiger partial charge in [-0.25, -0.2) is 0 Å². The van der Waals surface area contributed by atoms with Crippen LogP contribution in [0, 0.1) is 19.8 Å². The Morgan fingerprint density at radius 3 is 2.46 bits per heavy atom. The second-order valence-electron chi connectivity index (χ2n) is 7.95. The van der Waals surface area contributed by atoms with E-state index in [2.05, 4.69) is 19.2 Å². The van der Waals surface area contributed by atoms with E-state index in [9.17, 15) is 9.59 Å². The number of furan rings is 1. The first-order valence-corrected chi connectivity index (χ1v) is 10.0. The summed E-state index contributed by atoms with van der Waals surface area (Å²) in [6, 6.07) is 2.11. The number of nitrogens with zero attached hydrogens (tertiary/aromatic N) is 1. The topological polar surface area (TPSA) is 62.6 Å². The standard InChI is InChI=1S/C21H34N2O3/c1-15(2)10-12-23(21(25)19-14-16(3)26-17(19)4)13-11-20(24)22-18-8-6-5-7-9-18/h14-15,18H,5-13H2,1-4H3,(H,22,24). The van der Waals surface area contributed by atoms with Crippen molar-refractivity contribution in [2.75, 3.05) is 13.1 Å². The monoisotopic (exact) mass is 362 g/mol. The molecule has 1 aromatic heterocycles. The normalized spacial score (nSPS) is 15.3. The van der Waals surface area contributed by atoms with Gasteiger partial charge < -0.3 is 14.6 Å². The molecule has 0 unspecified atom stereocenters. The van der Waals surface area contributed by atoms with E-state index in [1.54, 1.807) is 11.0 Å². The average Bonchev–Trinajstić information content (AvgIpc) is 2.93. The molecule has 0 saturated heterocycles. The first-order valence-electron chi connectivity index (χ1n) is 10.0. The molecule has 0 atom stereocenters. The molecule has 0 aliphatic heterocycles. The van der Waals surface area contributed by atoms with E-state index in [0.717, 1.165) is 25.0 Å². The van der Waals surface area contributed by atoms with Gasteiger partial charge in [0, 0.05) is 25.6 Å². The zero-order valence-electron chi connectivity index (χ0n) is 16.8. The minimum Gasteiger partial charge on any atom is -0.466 e. The van der Waals surface area contributed by atoms with Crippen LogP contribution in [0.5, 0.6) is 0 Å². The van der Waals surface area contributed by atoms with E-state index in [0.29, 0.717) is 42.8 Å². The van der Waals surface area contributed by atoms with Crippen molar-refractivity contribution in [3.8, 4) is 0 Å². The van der Waals surface area contributed by atoms with Crippen LogP contribution in [0.1, 0.15) is 80.7 Å². The van der Waals surface area contributed by atoms with E-state index in [-0.39, 0.29) is 11.8 Å². The third-order valence-electron chi connectivity index (χ3n) is 5.11. The maximum absolute atomic E-state index is 12.9. The molecular formula is C21H34N2O3. The second-order valence-corrected chi connectivity index (χ2v) is 7.95. The Hall–Kier alpha value is -1.78. The highest BCUT2D eigenvalue weighted by Gasteiger charge is 2.22. The van der Waals surface area contributed by atoms with Gasteiger partial charge in [-0.3, -0.25) is 9.59 Å². The summed E-state index contributed by atoms with van der Waals surface area (Å²) >= 11 is 0. The first kappa shape index (κ1) is 20.5. The van der Waals surface area contributed by atoms with Gasteiger partial charge in [0.1, 0.15) is 11.5 Å². The highest BCUT2D eigenvalue weighted by Crippen LogP contribution is 2.19. The number of carbonyl (C=O) groups is 2. The van der Waals surface area contributed by atoms with Crippen molar-refractivity contribution in [2.45, 2.75) is 78.7 Å². The van der Waals surface area contributed by atoms with Crippen molar-refractivity contribution in [3.63, 3.8) is 0 Å². The van der Waals surface area contributed by atoms with Crippen LogP contribution in [0.3, 0.4) is 0 Å². The average molecular weight is 363 g/mol. The maximum atomic E-state index is 12.9. The number of nitrogens with one attached hydrogen (secondary N) is 1. The maximum Gasteiger partial charge on any atom is 0.257 e. The summed E-state index contributed by atoms with van der Waals surface area (Å²) in [7, 11) is 0. The summed E-state index contributed by atoms with van der Waals surface area (Å²) in [5, 5.41) is 3.14. The predicted molar refractivity (Wildman–Crippen MR) is 103 cm³/mol. The van der Waals surface area contributed by atoms with Gasteiger partial charge in [-0.15, -0.1) is 0 Å². The molecule has 5 nitrogen and oxygen atoms in total. The molecule has 0 aromatic carbocycles. The van der Waals surface area contributed by atoms with Crippen LogP contribution in [0.4, 0.5) is 0 Å². The molecule has 1 aliphatic rings. The molecule has 1 heterocycles. The number of carbonyl (C=O) groups excluding carboxylic acids is 2. The first-order chi connectivity index (χ1) is 12.4. The number of amides is 2. The number of rotatable bonds is 8. The molecular weight excluding hydrogens is 328 g/mol. The Bertz CT molecular complexity index is 600. The molecule has 2 amide bonds. The van der Waals surface area contributed by atoms with Gasteiger partial charge in [-0.05, 0) is 45.1 Å². The van der Waals surface area contributed by atoms with Crippen molar-refractivity contribution in [2.24, 2.45) is 5.92 Å². The fourth-order valence-electron chi connectivity index (χ4n) is 3.53. The molecule has 26 heavy (non-hydrogen) atoms. The summed E-state index contributed by atoms with van der Waals surface area (Å²) in [5.74, 6) is 1.91. The van der Waals surface area contributed by atoms with Crippen LogP contribution < -0.4 is 5.32 Å². The lowest BCUT2D eigenvalue weighted by atomic mass is 9.95. The molecule has 0 spiro atoms. The lowest BCUT2D eigenvalue weighted by Gasteiger charge is -2.25. The zero-order valence-corrected chi connectivity index (χ0v) is 16.8. The number of hydrogen-bond acceptors (Lipinski definition) is 3. The third kappa shape index (κ3) is 6.19. The molecule has 1 aromatic rings. The van der Waals surface area contributed by atoms with E-state index in [4.69, 9.17) is 4.42 Å². The van der Waals surface area contributed by atoms with E-state index < -0.39 is 0 Å². The lowest BCUT2D eigenvalue weighted by Crippen LogP contribution is -2.40. The second kappa shape index (κ2) is 9.79. The van der Waals surface area contributed by atoms with Crippen molar-refractivity contribution in [1.29, 1.82) is 0 Å². The molecule has 5 heteroatoms. The van der Waals surface area contributed by atoms with Crippen LogP contribution in [-0.4, -0.2) is 35.8 Å². The Labute approximate surface area is 157 Å². The van der Waals surface area contributed by atoms with Gasteiger partial charge >= 0.3 is 0 Å². The van der Waals surface area contributed by atoms with Crippen molar-refractivity contribution < 1.29 is 14.0 Å². The van der Waals surface area contributed by atoms with Gasteiger partial charge in [0.05, 0.1) is 5.56 Å². The van der Waals surface area contributed by atoms with Gasteiger partial charge in [-0.2, -0.15) is 0 Å². The van der Waals surface area contributed by atoms with Gasteiger partial charge in [-0.1, -0.05) is 33.1 Å². The lowest BCUT2D eigenvalue weighted by molar-refractivity contribution is -0.122. The highest BCUT2D eigenvalue weighted by atomic mass is 16.3. The third-order valence-corrected chi connectivity index (χ3v) is 5.11. The minimum absolute atomic E-state index is 0.0366. The predicted octanol–water partition coefficient (Wildman–Crippen LogP) is 4.22. The van der Waals surface area contributed by atoms with E-state index in [1.165, 1.54) is 19.3 Å². The summed E-state index contributed by atoms with van der Waals surface area (Å²) in [5.41, 5.74) is 0.610. The van der Waals surface area contributed by atoms with E-state index >= 15 is 0 Å². The molecule has 1 fully saturated rings. The molecule has 1 aliphatic carbocycles. The number of aryl methyl sites for hydroxylation is 2. The summed E-state index contributed by atoms with van der Waals surface area (Å²) in [6.07, 6.45) is 7.10. The Morgan fingerprint density at radius 1 is 1.19 bits per heavy atom. The SMILES string of the molecule is Cc1cc(C(=O)N(CCC(=O)NC2CCCCC2)CCC(C)C)c(C)o1. The van der Waals surface area contributed by atoms with Crippen molar-refractivity contribution in [1.82, 2.24) is 10.2 Å². The van der Waals surface area contributed by atoms with Gasteiger partial charge in [0.15, 0.2) is 0 Å². The fraction of sp³-hybridized carbons (Fsp3) is 0.714. The van der Waals surface area contributed by atoms with Gasteiger partial charge in [0.2, 0.25) is 5.91 Å². The van der Waals surface area contributed by atoms with E-state index in [1.807, 2.05) is 13.8 Å². The molecule has 0 radical (unpaired) electrons. The number of hydrogen-bond donors (Lipinski definition) is 1. The fourth-order valence-corrected chi connectivity index (χ4v) is 3.53. The van der Waals surface area contributed by atoms with Crippen LogP contribution >= 0.6 is 0 Å². The summed E-state index contributed by atoms with van der Waals surface area (Å²) in [4.78, 5) is 27.0. The van der Waals surface area contributed by atoms with Crippen LogP contribution in [0.2, 0.25) is 0 Å². The molecule has 1 saturated carbocycles. The largest absolute Gasteiger partial charge is 0.466 e. The zero-order chi connectivity index (χ0) is 19.1. The molecule has 2 rings (SSSR count). The molecule has 0 bridgehead atoms. The highest BCUT2D eigenvalue weighted by molar-refractivity contribution is 5.95. The van der Waals surface area contributed by atoms with Crippen molar-refractivity contribution >= 4 is 11.8 Å². The quantitative estimate of drug-likeness (QED) is 0.753. The molecule has 1 N–H and O–H groups in total. The van der Waals surface area contributed by atoms with Crippen molar-refractivity contribution in [3.05, 3.63) is 23.2 Å². The van der Waals surface area contributed by atoms with Crippen LogP contribution in [0.25, 0.3) is 0 Å². The van der Waals surface area contributed by atoms with Crippen LogP contribution in [0.15, 0.2) is 10.5 Å². The van der Waals surface area contributed by atoms with Crippen LogP contribution in [-0.2, 0) is 4.79 Å². The Kier molecular flexibility index (Phi) is 7.73. The minimum atomic E-state index is -0.0366. The Morgan fingerprint density at radius 2 is 1.88 bits per heavy atom. The molecule has 146 valence electrons.